The molecule has 0 unspecified atom stereocenters. The number of rotatable bonds is 8. The van der Waals surface area contributed by atoms with Crippen molar-refractivity contribution in [3.8, 4) is 0 Å². The molecule has 2 aliphatic heterocycles. The van der Waals surface area contributed by atoms with Gasteiger partial charge in [0.25, 0.3) is 0 Å². The van der Waals surface area contributed by atoms with Gasteiger partial charge in [0.05, 0.1) is 0 Å². The van der Waals surface area contributed by atoms with Gasteiger partial charge in [0.15, 0.2) is 0 Å². The second kappa shape index (κ2) is 10.4. The maximum Gasteiger partial charge on any atom is 0.223 e. The van der Waals surface area contributed by atoms with E-state index in [4.69, 9.17) is 0 Å². The third-order valence-corrected chi connectivity index (χ3v) is 9.40. The fraction of sp³-hybridized carbons (Fsp3) is 0.741. The second-order valence-electron chi connectivity index (χ2n) is 10.8. The zero-order chi connectivity index (χ0) is 21.8. The van der Waals surface area contributed by atoms with Crippen LogP contribution in [-0.4, -0.2) is 48.4 Å². The molecule has 4 aliphatic rings. The van der Waals surface area contributed by atoms with Crippen LogP contribution in [0.5, 0.6) is 0 Å². The largest absolute Gasteiger partial charge is 0.356 e. The molecule has 5 rings (SSSR count). The van der Waals surface area contributed by atoms with Crippen molar-refractivity contribution in [1.29, 1.82) is 0 Å². The number of allylic oxidation sites excluding steroid dienone is 1. The predicted molar refractivity (Wildman–Crippen MR) is 133 cm³/mol. The molecule has 5 heteroatoms. The molecule has 1 N–H and O–H groups in total. The van der Waals surface area contributed by atoms with E-state index in [2.05, 4.69) is 32.6 Å². The summed E-state index contributed by atoms with van der Waals surface area (Å²) in [6.45, 7) is 7.89. The van der Waals surface area contributed by atoms with Crippen molar-refractivity contribution in [2.45, 2.75) is 83.7 Å². The first kappa shape index (κ1) is 22.6. The Kier molecular flexibility index (Phi) is 7.35. The van der Waals surface area contributed by atoms with Crippen molar-refractivity contribution in [1.82, 2.24) is 15.1 Å². The van der Waals surface area contributed by atoms with E-state index in [0.29, 0.717) is 11.3 Å². The third kappa shape index (κ3) is 5.66. The van der Waals surface area contributed by atoms with Gasteiger partial charge in [-0.15, -0.1) is 11.3 Å². The van der Waals surface area contributed by atoms with Crippen LogP contribution in [0.4, 0.5) is 0 Å². The molecule has 1 aromatic rings. The van der Waals surface area contributed by atoms with Gasteiger partial charge in [-0.1, -0.05) is 18.1 Å². The number of amides is 1. The maximum atomic E-state index is 12.7. The summed E-state index contributed by atoms with van der Waals surface area (Å²) in [5.41, 5.74) is 3.38. The molecule has 1 saturated carbocycles. The van der Waals surface area contributed by atoms with Gasteiger partial charge in [0.2, 0.25) is 5.91 Å². The molecular formula is C27H41N3OS. The predicted octanol–water partition coefficient (Wildman–Crippen LogP) is 5.34. The zero-order valence-corrected chi connectivity index (χ0v) is 20.6. The number of carbonyl (C=O) groups excluding carboxylic acids is 1. The molecule has 0 radical (unpaired) electrons. The molecule has 1 amide bonds. The molecule has 4 nitrogen and oxygen atoms in total. The van der Waals surface area contributed by atoms with E-state index in [-0.39, 0.29) is 5.92 Å². The summed E-state index contributed by atoms with van der Waals surface area (Å²) in [5, 5.41) is 5.63. The summed E-state index contributed by atoms with van der Waals surface area (Å²) in [5.74, 6) is 0.610. The van der Waals surface area contributed by atoms with Crippen molar-refractivity contribution in [2.75, 3.05) is 32.7 Å². The van der Waals surface area contributed by atoms with Gasteiger partial charge < -0.3 is 5.32 Å². The van der Waals surface area contributed by atoms with E-state index in [0.717, 1.165) is 45.6 Å². The summed E-state index contributed by atoms with van der Waals surface area (Å²) < 4.78 is 0. The first-order valence-corrected chi connectivity index (χ1v) is 14.0. The number of hydrogen-bond donors (Lipinski definition) is 1. The van der Waals surface area contributed by atoms with E-state index < -0.39 is 0 Å². The molecule has 176 valence electrons. The first-order chi connectivity index (χ1) is 15.7. The van der Waals surface area contributed by atoms with Crippen molar-refractivity contribution in [2.24, 2.45) is 11.3 Å². The summed E-state index contributed by atoms with van der Waals surface area (Å²) >= 11 is 1.94. The highest BCUT2D eigenvalue weighted by Gasteiger charge is 2.58. The summed E-state index contributed by atoms with van der Waals surface area (Å²) in [4.78, 5) is 19.5. The lowest BCUT2D eigenvalue weighted by Gasteiger charge is -2.32. The van der Waals surface area contributed by atoms with Crippen molar-refractivity contribution in [3.63, 3.8) is 0 Å². The fourth-order valence-electron chi connectivity index (χ4n) is 6.22. The normalized spacial score (nSPS) is 26.1. The number of thiophene rings is 1. The van der Waals surface area contributed by atoms with E-state index in [1.165, 1.54) is 81.3 Å². The molecule has 3 heterocycles. The first-order valence-electron chi connectivity index (χ1n) is 13.2. The quantitative estimate of drug-likeness (QED) is 0.537. The highest BCUT2D eigenvalue weighted by molar-refractivity contribution is 7.10. The smallest absolute Gasteiger partial charge is 0.223 e. The summed E-state index contributed by atoms with van der Waals surface area (Å²) in [6.07, 6.45) is 16.2. The molecule has 3 fully saturated rings. The van der Waals surface area contributed by atoms with Crippen molar-refractivity contribution < 1.29 is 4.79 Å². The number of nitrogens with one attached hydrogen (secondary N) is 1. The highest BCUT2D eigenvalue weighted by atomic mass is 32.1. The Bertz CT molecular complexity index is 802. The Morgan fingerprint density at radius 1 is 1.03 bits per heavy atom. The summed E-state index contributed by atoms with van der Waals surface area (Å²) in [6, 6.07) is 2.44. The minimum atomic E-state index is 0.280. The average Bonchev–Trinajstić information content (AvgIpc) is 3.36. The number of likely N-dealkylation sites (tertiary alicyclic amines) is 2. The number of piperidine rings is 2. The van der Waals surface area contributed by atoms with Gasteiger partial charge in [0.1, 0.15) is 0 Å². The number of hydrogen-bond acceptors (Lipinski definition) is 4. The summed E-state index contributed by atoms with van der Waals surface area (Å²) in [7, 11) is 0. The second-order valence-corrected chi connectivity index (χ2v) is 11.8. The van der Waals surface area contributed by atoms with Gasteiger partial charge in [-0.25, -0.2) is 0 Å². The lowest BCUT2D eigenvalue weighted by Crippen LogP contribution is -2.36. The highest BCUT2D eigenvalue weighted by Crippen LogP contribution is 2.59. The molecule has 2 saturated heterocycles. The molecule has 0 bridgehead atoms. The standard InChI is InChI=1S/C27H41N3OS/c31-26(28-12-9-22-7-3-1-4-8-22)25-18-27(25)10-15-30(16-11-27)20-24-17-23(21-32-24)19-29-13-5-2-6-14-29/h7,17,21,25H,1-6,8-16,18-20H2,(H,28,31)/t25-/m1/s1. The van der Waals surface area contributed by atoms with Crippen LogP contribution in [0.15, 0.2) is 23.1 Å². The Morgan fingerprint density at radius 3 is 2.62 bits per heavy atom. The molecule has 1 atom stereocenters. The van der Waals surface area contributed by atoms with E-state index >= 15 is 0 Å². The average molecular weight is 456 g/mol. The van der Waals surface area contributed by atoms with Gasteiger partial charge in [0, 0.05) is 30.4 Å². The monoisotopic (exact) mass is 455 g/mol. The fourth-order valence-corrected chi connectivity index (χ4v) is 7.14. The number of carbonyl (C=O) groups is 1. The van der Waals surface area contributed by atoms with Crippen LogP contribution in [0.25, 0.3) is 0 Å². The van der Waals surface area contributed by atoms with Crippen molar-refractivity contribution in [3.05, 3.63) is 33.5 Å². The topological polar surface area (TPSA) is 35.6 Å². The van der Waals surface area contributed by atoms with E-state index in [1.807, 2.05) is 11.3 Å². The Morgan fingerprint density at radius 2 is 1.84 bits per heavy atom. The third-order valence-electron chi connectivity index (χ3n) is 8.43. The van der Waals surface area contributed by atoms with Crippen LogP contribution < -0.4 is 5.32 Å². The minimum Gasteiger partial charge on any atom is -0.356 e. The van der Waals surface area contributed by atoms with Gasteiger partial charge in [-0.2, -0.15) is 0 Å². The van der Waals surface area contributed by atoms with Gasteiger partial charge >= 0.3 is 0 Å². The van der Waals surface area contributed by atoms with Gasteiger partial charge in [-0.3, -0.25) is 14.6 Å². The van der Waals surface area contributed by atoms with E-state index in [9.17, 15) is 4.79 Å². The molecule has 0 aromatic carbocycles. The van der Waals surface area contributed by atoms with Crippen LogP contribution in [0, 0.1) is 11.3 Å². The molecule has 1 aromatic heterocycles. The molecular weight excluding hydrogens is 414 g/mol. The molecule has 2 aliphatic carbocycles. The lowest BCUT2D eigenvalue weighted by atomic mass is 9.90. The Labute approximate surface area is 198 Å². The lowest BCUT2D eigenvalue weighted by molar-refractivity contribution is -0.123. The van der Waals surface area contributed by atoms with Gasteiger partial charge in [-0.05, 0) is 113 Å². The Hall–Kier alpha value is -1.17. The van der Waals surface area contributed by atoms with Crippen LogP contribution in [0.1, 0.15) is 81.1 Å². The SMILES string of the molecule is O=C(NCCC1=CCCCC1)[C@H]1CC12CCN(Cc1cc(CN3CCCCC3)cs1)CC2. The maximum absolute atomic E-state index is 12.7. The minimum absolute atomic E-state index is 0.280. The van der Waals surface area contributed by atoms with Crippen molar-refractivity contribution >= 4 is 17.2 Å². The number of nitrogens with zero attached hydrogens (tertiary/aromatic N) is 2. The van der Waals surface area contributed by atoms with Crippen LogP contribution >= 0.6 is 11.3 Å². The Balaban J connectivity index is 1.02. The van der Waals surface area contributed by atoms with E-state index in [1.54, 1.807) is 5.57 Å². The van der Waals surface area contributed by atoms with Crippen LogP contribution in [0.2, 0.25) is 0 Å². The molecule has 1 spiro atoms. The molecule has 32 heavy (non-hydrogen) atoms. The zero-order valence-electron chi connectivity index (χ0n) is 19.7. The van der Waals surface area contributed by atoms with Crippen LogP contribution in [-0.2, 0) is 17.9 Å². The van der Waals surface area contributed by atoms with Crippen LogP contribution in [0.3, 0.4) is 0 Å².